The average Bonchev–Trinajstić information content (AvgIpc) is 3.28. The number of hydrogen-bond acceptors (Lipinski definition) is 6. The van der Waals surface area contributed by atoms with Crippen LogP contribution in [-0.4, -0.2) is 58.2 Å². The van der Waals surface area contributed by atoms with Gasteiger partial charge in [0.15, 0.2) is 5.15 Å². The predicted octanol–water partition coefficient (Wildman–Crippen LogP) is 3.28. The van der Waals surface area contributed by atoms with Crippen molar-refractivity contribution in [2.75, 3.05) is 33.4 Å². The number of aromatic nitrogens is 4. The molecule has 26 heavy (non-hydrogen) atoms. The molecule has 0 aliphatic carbocycles. The highest BCUT2D eigenvalue weighted by molar-refractivity contribution is 6.34. The minimum Gasteiger partial charge on any atom is -0.385 e. The summed E-state index contributed by atoms with van der Waals surface area (Å²) in [5.41, 5.74) is 0.873. The van der Waals surface area contributed by atoms with Gasteiger partial charge >= 0.3 is 0 Å². The van der Waals surface area contributed by atoms with Gasteiger partial charge in [-0.3, -0.25) is 0 Å². The molecule has 0 radical (unpaired) electrons. The molecule has 0 spiro atoms. The van der Waals surface area contributed by atoms with Crippen LogP contribution in [0.1, 0.15) is 31.1 Å². The van der Waals surface area contributed by atoms with Crippen molar-refractivity contribution >= 4 is 22.5 Å². The minimum absolute atomic E-state index is 0.298. The highest BCUT2D eigenvalue weighted by atomic mass is 35.5. The summed E-state index contributed by atoms with van der Waals surface area (Å²) in [5.74, 6) is 1.42. The third kappa shape index (κ3) is 3.47. The second kappa shape index (κ2) is 7.73. The Morgan fingerprint density at radius 2 is 2.08 bits per heavy atom. The van der Waals surface area contributed by atoms with E-state index in [2.05, 4.69) is 20.1 Å². The number of ether oxygens (including phenoxy) is 1. The zero-order valence-electron chi connectivity index (χ0n) is 14.8. The molecule has 138 valence electrons. The number of piperidine rings is 1. The largest absolute Gasteiger partial charge is 0.385 e. The van der Waals surface area contributed by atoms with Crippen molar-refractivity contribution in [1.82, 2.24) is 24.8 Å². The Morgan fingerprint density at radius 1 is 1.27 bits per heavy atom. The van der Waals surface area contributed by atoms with Crippen molar-refractivity contribution in [3.63, 3.8) is 0 Å². The van der Waals surface area contributed by atoms with Gasteiger partial charge in [-0.05, 0) is 49.6 Å². The molecule has 0 amide bonds. The van der Waals surface area contributed by atoms with Gasteiger partial charge in [0.1, 0.15) is 0 Å². The first-order valence-electron chi connectivity index (χ1n) is 8.95. The molecule has 4 rings (SSSR count). The predicted molar refractivity (Wildman–Crippen MR) is 98.8 cm³/mol. The maximum Gasteiger partial charge on any atom is 0.291 e. The zero-order valence-corrected chi connectivity index (χ0v) is 15.5. The van der Waals surface area contributed by atoms with Gasteiger partial charge in [-0.2, -0.15) is 14.8 Å². The average molecular weight is 376 g/mol. The van der Waals surface area contributed by atoms with Crippen molar-refractivity contribution in [3.05, 3.63) is 35.3 Å². The number of nitrogens with zero attached hydrogens (tertiary/aromatic N) is 5. The Hall–Kier alpha value is -1.96. The molecule has 2 aromatic heterocycles. The monoisotopic (exact) mass is 375 g/mol. The lowest BCUT2D eigenvalue weighted by Gasteiger charge is -2.30. The number of para-hydroxylation sites is 1. The van der Waals surface area contributed by atoms with Crippen molar-refractivity contribution < 1.29 is 9.26 Å². The maximum atomic E-state index is 6.22. The summed E-state index contributed by atoms with van der Waals surface area (Å²) < 4.78 is 12.3. The van der Waals surface area contributed by atoms with E-state index in [9.17, 15) is 0 Å². The quantitative estimate of drug-likeness (QED) is 0.616. The van der Waals surface area contributed by atoms with E-state index in [1.807, 2.05) is 24.3 Å². The van der Waals surface area contributed by atoms with E-state index in [0.29, 0.717) is 22.9 Å². The molecule has 0 unspecified atom stereocenters. The number of hydrogen-bond donors (Lipinski definition) is 0. The standard InChI is InChI=1S/C18H22ClN5O2/c1-25-12-4-9-23-10-7-13(8-11-23)17-20-18(22-26-17)24-15-6-3-2-5-14(15)16(19)21-24/h2-3,5-6,13H,4,7-12H2,1H3. The van der Waals surface area contributed by atoms with E-state index in [-0.39, 0.29) is 0 Å². The van der Waals surface area contributed by atoms with Crippen molar-refractivity contribution in [2.24, 2.45) is 0 Å². The van der Waals surface area contributed by atoms with Gasteiger partial charge in [0, 0.05) is 31.6 Å². The molecular formula is C18H22ClN5O2. The normalized spacial score (nSPS) is 16.5. The van der Waals surface area contributed by atoms with E-state index in [1.54, 1.807) is 11.8 Å². The van der Waals surface area contributed by atoms with Crippen LogP contribution < -0.4 is 0 Å². The minimum atomic E-state index is 0.298. The van der Waals surface area contributed by atoms with Gasteiger partial charge in [-0.15, -0.1) is 0 Å². The molecule has 0 bridgehead atoms. The molecule has 1 fully saturated rings. The lowest BCUT2D eigenvalue weighted by atomic mass is 9.97. The van der Waals surface area contributed by atoms with Gasteiger partial charge in [0.05, 0.1) is 5.52 Å². The fourth-order valence-electron chi connectivity index (χ4n) is 3.50. The third-order valence-corrected chi connectivity index (χ3v) is 5.20. The van der Waals surface area contributed by atoms with Gasteiger partial charge in [-0.25, -0.2) is 0 Å². The van der Waals surface area contributed by atoms with E-state index >= 15 is 0 Å². The van der Waals surface area contributed by atoms with Gasteiger partial charge in [0.25, 0.3) is 5.95 Å². The van der Waals surface area contributed by atoms with Crippen LogP contribution in [0.15, 0.2) is 28.8 Å². The molecule has 0 saturated carbocycles. The molecule has 0 N–H and O–H groups in total. The Morgan fingerprint density at radius 3 is 2.88 bits per heavy atom. The number of methoxy groups -OCH3 is 1. The topological polar surface area (TPSA) is 69.2 Å². The summed E-state index contributed by atoms with van der Waals surface area (Å²) in [6.45, 7) is 3.98. The van der Waals surface area contributed by atoms with Crippen LogP contribution in [0, 0.1) is 0 Å². The SMILES string of the molecule is COCCCN1CCC(c2nc(-n3nc(Cl)c4ccccc43)no2)CC1. The summed E-state index contributed by atoms with van der Waals surface area (Å²) in [7, 11) is 1.75. The van der Waals surface area contributed by atoms with Crippen LogP contribution in [0.3, 0.4) is 0 Å². The van der Waals surface area contributed by atoms with E-state index in [1.165, 1.54) is 0 Å². The summed E-state index contributed by atoms with van der Waals surface area (Å²) in [6.07, 6.45) is 3.11. The van der Waals surface area contributed by atoms with E-state index in [4.69, 9.17) is 20.9 Å². The van der Waals surface area contributed by atoms with Gasteiger partial charge in [-0.1, -0.05) is 23.7 Å². The molecule has 1 aromatic carbocycles. The highest BCUT2D eigenvalue weighted by Gasteiger charge is 2.26. The molecule has 3 aromatic rings. The molecule has 1 aliphatic heterocycles. The second-order valence-electron chi connectivity index (χ2n) is 6.61. The lowest BCUT2D eigenvalue weighted by molar-refractivity contribution is 0.152. The van der Waals surface area contributed by atoms with E-state index < -0.39 is 0 Å². The summed E-state index contributed by atoms with van der Waals surface area (Å²) >= 11 is 6.22. The molecule has 1 saturated heterocycles. The van der Waals surface area contributed by atoms with Crippen LogP contribution in [0.4, 0.5) is 0 Å². The van der Waals surface area contributed by atoms with E-state index in [0.717, 1.165) is 56.4 Å². The molecule has 1 aliphatic rings. The van der Waals surface area contributed by atoms with Crippen LogP contribution in [-0.2, 0) is 4.74 Å². The second-order valence-corrected chi connectivity index (χ2v) is 6.97. The van der Waals surface area contributed by atoms with Crippen LogP contribution in [0.5, 0.6) is 0 Å². The van der Waals surface area contributed by atoms with Gasteiger partial charge in [0.2, 0.25) is 5.89 Å². The number of benzene rings is 1. The zero-order chi connectivity index (χ0) is 17.9. The van der Waals surface area contributed by atoms with Gasteiger partial charge < -0.3 is 14.2 Å². The number of likely N-dealkylation sites (tertiary alicyclic amines) is 1. The van der Waals surface area contributed by atoms with Crippen LogP contribution >= 0.6 is 11.6 Å². The third-order valence-electron chi connectivity index (χ3n) is 4.92. The fraction of sp³-hybridized carbons (Fsp3) is 0.500. The molecule has 7 nitrogen and oxygen atoms in total. The maximum absolute atomic E-state index is 6.22. The first-order valence-corrected chi connectivity index (χ1v) is 9.32. The molecular weight excluding hydrogens is 354 g/mol. The Bertz CT molecular complexity index is 869. The van der Waals surface area contributed by atoms with Crippen molar-refractivity contribution in [2.45, 2.75) is 25.2 Å². The molecule has 0 atom stereocenters. The Balaban J connectivity index is 1.45. The smallest absolute Gasteiger partial charge is 0.291 e. The first kappa shape index (κ1) is 17.5. The van der Waals surface area contributed by atoms with Crippen molar-refractivity contribution in [3.8, 4) is 5.95 Å². The van der Waals surface area contributed by atoms with Crippen LogP contribution in [0.25, 0.3) is 16.9 Å². The summed E-state index contributed by atoms with van der Waals surface area (Å²) in [5, 5.41) is 9.80. The molecule has 3 heterocycles. The highest BCUT2D eigenvalue weighted by Crippen LogP contribution is 2.29. The number of rotatable bonds is 6. The van der Waals surface area contributed by atoms with Crippen molar-refractivity contribution in [1.29, 1.82) is 0 Å². The Labute approximate surface area is 156 Å². The summed E-state index contributed by atoms with van der Waals surface area (Å²) in [6, 6.07) is 7.75. The molecule has 8 heteroatoms. The Kier molecular flexibility index (Phi) is 5.19. The number of halogens is 1. The number of fused-ring (bicyclic) bond motifs is 1. The first-order chi connectivity index (χ1) is 12.8. The van der Waals surface area contributed by atoms with Crippen LogP contribution in [0.2, 0.25) is 5.15 Å². The fourth-order valence-corrected chi connectivity index (χ4v) is 3.73. The summed E-state index contributed by atoms with van der Waals surface area (Å²) in [4.78, 5) is 7.06. The lowest BCUT2D eigenvalue weighted by Crippen LogP contribution is -2.34.